The van der Waals surface area contributed by atoms with Crippen molar-refractivity contribution in [2.45, 2.75) is 39.7 Å². The molecule has 136 valence electrons. The lowest BCUT2D eigenvalue weighted by Gasteiger charge is -2.12. The Morgan fingerprint density at radius 1 is 1.19 bits per heavy atom. The monoisotopic (exact) mass is 352 g/mol. The van der Waals surface area contributed by atoms with Crippen LogP contribution in [-0.2, 0) is 20.0 Å². The van der Waals surface area contributed by atoms with Crippen LogP contribution in [0.4, 0.5) is 5.95 Å². The van der Waals surface area contributed by atoms with Crippen molar-refractivity contribution in [2.24, 2.45) is 13.0 Å². The van der Waals surface area contributed by atoms with Gasteiger partial charge in [0, 0.05) is 25.2 Å². The second kappa shape index (κ2) is 6.90. The van der Waals surface area contributed by atoms with E-state index in [-0.39, 0.29) is 0 Å². The van der Waals surface area contributed by atoms with Crippen LogP contribution >= 0.6 is 0 Å². The van der Waals surface area contributed by atoms with Crippen molar-refractivity contribution in [3.05, 3.63) is 35.4 Å². The molecule has 1 aliphatic rings. The number of nitrogens with zero attached hydrogens (tertiary/aromatic N) is 5. The van der Waals surface area contributed by atoms with Gasteiger partial charge in [-0.1, -0.05) is 0 Å². The number of ether oxygens (including phenoxy) is 1. The molecule has 3 heterocycles. The maximum atomic E-state index is 5.39. The molecule has 1 fully saturated rings. The van der Waals surface area contributed by atoms with Gasteiger partial charge in [-0.2, -0.15) is 5.10 Å². The molecule has 0 unspecified atom stereocenters. The van der Waals surface area contributed by atoms with Crippen molar-refractivity contribution in [3.8, 4) is 5.75 Å². The van der Waals surface area contributed by atoms with Gasteiger partial charge in [0.25, 0.3) is 0 Å². The smallest absolute Gasteiger partial charge is 0.223 e. The molecule has 0 atom stereocenters. The Bertz CT molecular complexity index is 914. The van der Waals surface area contributed by atoms with Gasteiger partial charge >= 0.3 is 0 Å². The van der Waals surface area contributed by atoms with Crippen LogP contribution in [0.25, 0.3) is 11.0 Å². The number of pyridine rings is 1. The van der Waals surface area contributed by atoms with Gasteiger partial charge in [-0.25, -0.2) is 15.0 Å². The Labute approximate surface area is 152 Å². The summed E-state index contributed by atoms with van der Waals surface area (Å²) in [5, 5.41) is 9.07. The molecule has 1 saturated carbocycles. The van der Waals surface area contributed by atoms with Crippen LogP contribution in [0.5, 0.6) is 5.75 Å². The molecule has 4 rings (SSSR count). The van der Waals surface area contributed by atoms with Crippen LogP contribution in [0.2, 0.25) is 0 Å². The number of hydrogen-bond acceptors (Lipinski definition) is 6. The van der Waals surface area contributed by atoms with Crippen molar-refractivity contribution >= 4 is 17.0 Å². The van der Waals surface area contributed by atoms with Crippen molar-refractivity contribution in [3.63, 3.8) is 0 Å². The number of aromatic nitrogens is 5. The fourth-order valence-corrected chi connectivity index (χ4v) is 3.34. The Kier molecular flexibility index (Phi) is 4.44. The zero-order valence-corrected chi connectivity index (χ0v) is 15.5. The van der Waals surface area contributed by atoms with E-state index < -0.39 is 0 Å². The third kappa shape index (κ3) is 3.34. The number of hydrogen-bond donors (Lipinski definition) is 1. The fourth-order valence-electron chi connectivity index (χ4n) is 3.34. The second-order valence-corrected chi connectivity index (χ2v) is 6.85. The van der Waals surface area contributed by atoms with Crippen LogP contribution in [0.3, 0.4) is 0 Å². The summed E-state index contributed by atoms with van der Waals surface area (Å²) in [5.74, 6) is 2.07. The predicted molar refractivity (Wildman–Crippen MR) is 100 cm³/mol. The summed E-state index contributed by atoms with van der Waals surface area (Å²) >= 11 is 0. The summed E-state index contributed by atoms with van der Waals surface area (Å²) in [6.45, 7) is 5.26. The average Bonchev–Trinajstić information content (AvgIpc) is 3.40. The highest BCUT2D eigenvalue weighted by molar-refractivity contribution is 5.83. The van der Waals surface area contributed by atoms with Crippen molar-refractivity contribution < 1.29 is 4.74 Å². The van der Waals surface area contributed by atoms with Gasteiger partial charge in [-0.3, -0.25) is 4.68 Å². The van der Waals surface area contributed by atoms with Gasteiger partial charge in [-0.05, 0) is 50.2 Å². The molecule has 3 aromatic rings. The standard InChI is InChI=1S/C19H24N6O/c1-4-26-15-10-22-19(23-11-15)21-9-14-8-20-18-17(12(2)24-25(18)3)16(14)7-13-5-6-13/h8,10-11,13H,4-7,9H2,1-3H3,(H,21,22,23). The maximum absolute atomic E-state index is 5.39. The molecular weight excluding hydrogens is 328 g/mol. The largest absolute Gasteiger partial charge is 0.491 e. The van der Waals surface area contributed by atoms with Crippen LogP contribution in [0.15, 0.2) is 18.6 Å². The van der Waals surface area contributed by atoms with E-state index >= 15 is 0 Å². The van der Waals surface area contributed by atoms with Gasteiger partial charge < -0.3 is 10.1 Å². The highest BCUT2D eigenvalue weighted by atomic mass is 16.5. The maximum Gasteiger partial charge on any atom is 0.223 e. The zero-order valence-electron chi connectivity index (χ0n) is 15.5. The summed E-state index contributed by atoms with van der Waals surface area (Å²) in [7, 11) is 1.95. The highest BCUT2D eigenvalue weighted by Gasteiger charge is 2.25. The summed E-state index contributed by atoms with van der Waals surface area (Å²) < 4.78 is 7.25. The van der Waals surface area contributed by atoms with Gasteiger partial charge in [0.05, 0.1) is 24.7 Å². The van der Waals surface area contributed by atoms with E-state index in [1.54, 1.807) is 12.4 Å². The summed E-state index contributed by atoms with van der Waals surface area (Å²) in [6, 6.07) is 0. The molecule has 7 nitrogen and oxygen atoms in total. The molecule has 0 saturated heterocycles. The first-order valence-corrected chi connectivity index (χ1v) is 9.14. The lowest BCUT2D eigenvalue weighted by Crippen LogP contribution is -2.08. The minimum Gasteiger partial charge on any atom is -0.491 e. The van der Waals surface area contributed by atoms with E-state index in [2.05, 4.69) is 32.3 Å². The number of rotatable bonds is 7. The second-order valence-electron chi connectivity index (χ2n) is 6.85. The Balaban J connectivity index is 1.59. The van der Waals surface area contributed by atoms with E-state index in [0.717, 1.165) is 23.7 Å². The van der Waals surface area contributed by atoms with E-state index in [4.69, 9.17) is 4.74 Å². The minimum absolute atomic E-state index is 0.592. The molecule has 1 aliphatic carbocycles. The summed E-state index contributed by atoms with van der Waals surface area (Å²) in [6.07, 6.45) is 9.07. The molecule has 0 aliphatic heterocycles. The first-order valence-electron chi connectivity index (χ1n) is 9.14. The lowest BCUT2D eigenvalue weighted by atomic mass is 9.99. The molecule has 0 spiro atoms. The molecule has 0 aromatic carbocycles. The van der Waals surface area contributed by atoms with Crippen LogP contribution < -0.4 is 10.1 Å². The fraction of sp³-hybridized carbons (Fsp3) is 0.474. The first-order chi connectivity index (χ1) is 12.7. The Morgan fingerprint density at radius 3 is 2.65 bits per heavy atom. The molecule has 7 heteroatoms. The van der Waals surface area contributed by atoms with Gasteiger partial charge in [0.2, 0.25) is 5.95 Å². The molecule has 1 N–H and O–H groups in total. The average molecular weight is 352 g/mol. The van der Waals surface area contributed by atoms with Crippen LogP contribution in [-0.4, -0.2) is 31.3 Å². The number of nitrogens with one attached hydrogen (secondary N) is 1. The number of fused-ring (bicyclic) bond motifs is 1. The van der Waals surface area contributed by atoms with E-state index in [9.17, 15) is 0 Å². The lowest BCUT2D eigenvalue weighted by molar-refractivity contribution is 0.337. The third-order valence-electron chi connectivity index (χ3n) is 4.79. The zero-order chi connectivity index (χ0) is 18.1. The summed E-state index contributed by atoms with van der Waals surface area (Å²) in [4.78, 5) is 13.3. The van der Waals surface area contributed by atoms with E-state index in [1.807, 2.05) is 24.9 Å². The van der Waals surface area contributed by atoms with Gasteiger partial charge in [0.1, 0.15) is 0 Å². The first kappa shape index (κ1) is 16.8. The Hall–Kier alpha value is -2.70. The molecule has 0 radical (unpaired) electrons. The highest BCUT2D eigenvalue weighted by Crippen LogP contribution is 2.36. The number of anilines is 1. The predicted octanol–water partition coefficient (Wildman–Crippen LogP) is 3.03. The summed E-state index contributed by atoms with van der Waals surface area (Å²) in [5.41, 5.74) is 4.56. The molecule has 0 amide bonds. The molecular formula is C19H24N6O. The van der Waals surface area contributed by atoms with Gasteiger partial charge in [0.15, 0.2) is 11.4 Å². The normalized spacial score (nSPS) is 14.0. The van der Waals surface area contributed by atoms with E-state index in [0.29, 0.717) is 24.8 Å². The van der Waals surface area contributed by atoms with Crippen molar-refractivity contribution in [1.82, 2.24) is 24.7 Å². The SMILES string of the molecule is CCOc1cnc(NCc2cnc3c(c(C)nn3C)c2CC2CC2)nc1. The van der Waals surface area contributed by atoms with Crippen LogP contribution in [0, 0.1) is 12.8 Å². The molecule has 26 heavy (non-hydrogen) atoms. The van der Waals surface area contributed by atoms with Crippen molar-refractivity contribution in [2.75, 3.05) is 11.9 Å². The molecule has 3 aromatic heterocycles. The Morgan fingerprint density at radius 2 is 1.96 bits per heavy atom. The van der Waals surface area contributed by atoms with Gasteiger partial charge in [-0.15, -0.1) is 0 Å². The third-order valence-corrected chi connectivity index (χ3v) is 4.79. The van der Waals surface area contributed by atoms with Crippen LogP contribution in [0.1, 0.15) is 36.6 Å². The van der Waals surface area contributed by atoms with E-state index in [1.165, 1.54) is 29.4 Å². The topological polar surface area (TPSA) is 77.8 Å². The quantitative estimate of drug-likeness (QED) is 0.704. The minimum atomic E-state index is 0.592. The number of aryl methyl sites for hydroxylation is 2. The van der Waals surface area contributed by atoms with Crippen molar-refractivity contribution in [1.29, 1.82) is 0 Å². The molecule has 0 bridgehead atoms.